The summed E-state index contributed by atoms with van der Waals surface area (Å²) < 4.78 is 0. The predicted octanol–water partition coefficient (Wildman–Crippen LogP) is 1.85. The quantitative estimate of drug-likeness (QED) is 0.919. The van der Waals surface area contributed by atoms with Gasteiger partial charge in [0.25, 0.3) is 5.91 Å². The number of piperazine rings is 1. The highest BCUT2D eigenvalue weighted by atomic mass is 32.1. The van der Waals surface area contributed by atoms with Crippen LogP contribution in [0, 0.1) is 6.92 Å². The van der Waals surface area contributed by atoms with Gasteiger partial charge in [-0.3, -0.25) is 19.5 Å². The van der Waals surface area contributed by atoms with Gasteiger partial charge in [-0.25, -0.2) is 0 Å². The van der Waals surface area contributed by atoms with Gasteiger partial charge in [0.1, 0.15) is 0 Å². The number of nitrogens with one attached hydrogen (secondary N) is 1. The summed E-state index contributed by atoms with van der Waals surface area (Å²) >= 11 is 1.53. The SMILES string of the molecule is Cc1ccc(C(=O)N2CCN(CC(=O)Nc3ccncc3)CC2)s1. The molecule has 0 spiro atoms. The van der Waals surface area contributed by atoms with Crippen molar-refractivity contribution in [3.05, 3.63) is 46.4 Å². The normalized spacial score (nSPS) is 15.3. The van der Waals surface area contributed by atoms with Gasteiger partial charge in [0.15, 0.2) is 0 Å². The monoisotopic (exact) mass is 344 g/mol. The molecule has 0 aliphatic carbocycles. The topological polar surface area (TPSA) is 65.5 Å². The van der Waals surface area contributed by atoms with Crippen molar-refractivity contribution in [2.75, 3.05) is 38.0 Å². The summed E-state index contributed by atoms with van der Waals surface area (Å²) in [5, 5.41) is 2.85. The minimum atomic E-state index is -0.0464. The maximum Gasteiger partial charge on any atom is 0.264 e. The Balaban J connectivity index is 1.46. The molecule has 24 heavy (non-hydrogen) atoms. The molecule has 1 aliphatic heterocycles. The highest BCUT2D eigenvalue weighted by molar-refractivity contribution is 7.13. The zero-order valence-corrected chi connectivity index (χ0v) is 14.4. The maximum atomic E-state index is 12.4. The Kier molecular flexibility index (Phi) is 5.22. The van der Waals surface area contributed by atoms with Gasteiger partial charge in [0, 0.05) is 49.1 Å². The Labute approximate surface area is 145 Å². The average molecular weight is 344 g/mol. The number of rotatable bonds is 4. The van der Waals surface area contributed by atoms with Gasteiger partial charge in [0.2, 0.25) is 5.91 Å². The summed E-state index contributed by atoms with van der Waals surface area (Å²) in [6.45, 7) is 5.06. The van der Waals surface area contributed by atoms with Crippen molar-refractivity contribution in [2.24, 2.45) is 0 Å². The molecule has 126 valence electrons. The van der Waals surface area contributed by atoms with Gasteiger partial charge >= 0.3 is 0 Å². The number of anilines is 1. The van der Waals surface area contributed by atoms with Crippen molar-refractivity contribution in [3.8, 4) is 0 Å². The van der Waals surface area contributed by atoms with Crippen LogP contribution in [-0.2, 0) is 4.79 Å². The van der Waals surface area contributed by atoms with E-state index in [1.54, 1.807) is 24.5 Å². The third kappa shape index (κ3) is 4.18. The fourth-order valence-electron chi connectivity index (χ4n) is 2.65. The van der Waals surface area contributed by atoms with E-state index in [0.29, 0.717) is 32.7 Å². The van der Waals surface area contributed by atoms with E-state index in [0.717, 1.165) is 15.4 Å². The lowest BCUT2D eigenvalue weighted by atomic mass is 10.3. The number of hydrogen-bond acceptors (Lipinski definition) is 5. The lowest BCUT2D eigenvalue weighted by molar-refractivity contribution is -0.117. The highest BCUT2D eigenvalue weighted by Gasteiger charge is 2.24. The summed E-state index contributed by atoms with van der Waals surface area (Å²) in [7, 11) is 0. The van der Waals surface area contributed by atoms with Crippen LogP contribution in [0.5, 0.6) is 0 Å². The third-order valence-electron chi connectivity index (χ3n) is 3.94. The van der Waals surface area contributed by atoms with Gasteiger partial charge in [-0.15, -0.1) is 11.3 Å². The molecule has 0 atom stereocenters. The number of thiophene rings is 1. The van der Waals surface area contributed by atoms with Gasteiger partial charge in [0.05, 0.1) is 11.4 Å². The average Bonchev–Trinajstić information content (AvgIpc) is 3.02. The molecule has 0 unspecified atom stereocenters. The van der Waals surface area contributed by atoms with Crippen LogP contribution in [-0.4, -0.2) is 59.3 Å². The molecule has 6 nitrogen and oxygen atoms in total. The number of aromatic nitrogens is 1. The molecule has 0 bridgehead atoms. The Bertz CT molecular complexity index is 708. The second-order valence-electron chi connectivity index (χ2n) is 5.76. The molecular formula is C17H20N4O2S. The second kappa shape index (κ2) is 7.55. The number of pyridine rings is 1. The lowest BCUT2D eigenvalue weighted by Crippen LogP contribution is -2.50. The standard InChI is InChI=1S/C17H20N4O2S/c1-13-2-3-15(24-13)17(23)21-10-8-20(9-11-21)12-16(22)19-14-4-6-18-7-5-14/h2-7H,8-12H2,1H3,(H,18,19,22). The molecule has 2 aromatic heterocycles. The molecule has 1 N–H and O–H groups in total. The number of amides is 2. The van der Waals surface area contributed by atoms with Crippen LogP contribution < -0.4 is 5.32 Å². The smallest absolute Gasteiger partial charge is 0.264 e. The first-order valence-electron chi connectivity index (χ1n) is 7.90. The lowest BCUT2D eigenvalue weighted by Gasteiger charge is -2.34. The molecular weight excluding hydrogens is 324 g/mol. The molecule has 1 saturated heterocycles. The Hall–Kier alpha value is -2.25. The largest absolute Gasteiger partial charge is 0.335 e. The van der Waals surface area contributed by atoms with Crippen molar-refractivity contribution in [1.82, 2.24) is 14.8 Å². The van der Waals surface area contributed by atoms with Crippen molar-refractivity contribution in [3.63, 3.8) is 0 Å². The Morgan fingerprint density at radius 1 is 1.12 bits per heavy atom. The Morgan fingerprint density at radius 2 is 1.83 bits per heavy atom. The molecule has 1 aliphatic rings. The van der Waals surface area contributed by atoms with Crippen LogP contribution in [0.25, 0.3) is 0 Å². The van der Waals surface area contributed by atoms with E-state index in [2.05, 4.69) is 15.2 Å². The van der Waals surface area contributed by atoms with Crippen molar-refractivity contribution >= 4 is 28.8 Å². The molecule has 1 fully saturated rings. The van der Waals surface area contributed by atoms with Crippen molar-refractivity contribution in [2.45, 2.75) is 6.92 Å². The molecule has 2 aromatic rings. The molecule has 2 amide bonds. The van der Waals surface area contributed by atoms with Crippen LogP contribution in [0.1, 0.15) is 14.5 Å². The zero-order chi connectivity index (χ0) is 16.9. The minimum absolute atomic E-state index is 0.0464. The molecule has 3 heterocycles. The number of hydrogen-bond donors (Lipinski definition) is 1. The number of carbonyl (C=O) groups is 2. The summed E-state index contributed by atoms with van der Waals surface area (Å²) in [4.78, 5) is 34.3. The van der Waals surface area contributed by atoms with E-state index in [1.165, 1.54) is 11.3 Å². The maximum absolute atomic E-state index is 12.4. The van der Waals surface area contributed by atoms with E-state index < -0.39 is 0 Å². The van der Waals surface area contributed by atoms with Gasteiger partial charge in [-0.2, -0.15) is 0 Å². The molecule has 7 heteroatoms. The predicted molar refractivity (Wildman–Crippen MR) is 94.3 cm³/mol. The number of nitrogens with zero attached hydrogens (tertiary/aromatic N) is 3. The molecule has 3 rings (SSSR count). The van der Waals surface area contributed by atoms with Gasteiger partial charge < -0.3 is 10.2 Å². The molecule has 0 saturated carbocycles. The fraction of sp³-hybridized carbons (Fsp3) is 0.353. The van der Waals surface area contributed by atoms with Gasteiger partial charge in [-0.05, 0) is 31.2 Å². The minimum Gasteiger partial charge on any atom is -0.335 e. The first kappa shape index (κ1) is 16.6. The summed E-state index contributed by atoms with van der Waals surface area (Å²) in [6.07, 6.45) is 3.29. The van der Waals surface area contributed by atoms with Crippen LogP contribution in [0.4, 0.5) is 5.69 Å². The van der Waals surface area contributed by atoms with E-state index in [-0.39, 0.29) is 11.8 Å². The zero-order valence-electron chi connectivity index (χ0n) is 13.6. The van der Waals surface area contributed by atoms with Crippen molar-refractivity contribution < 1.29 is 9.59 Å². The van der Waals surface area contributed by atoms with Crippen LogP contribution in [0.3, 0.4) is 0 Å². The third-order valence-corrected chi connectivity index (χ3v) is 4.93. The molecule has 0 radical (unpaired) electrons. The van der Waals surface area contributed by atoms with Crippen LogP contribution >= 0.6 is 11.3 Å². The first-order valence-corrected chi connectivity index (χ1v) is 8.71. The van der Waals surface area contributed by atoms with E-state index in [1.807, 2.05) is 24.0 Å². The highest BCUT2D eigenvalue weighted by Crippen LogP contribution is 2.18. The van der Waals surface area contributed by atoms with Gasteiger partial charge in [-0.1, -0.05) is 0 Å². The van der Waals surface area contributed by atoms with Crippen molar-refractivity contribution in [1.29, 1.82) is 0 Å². The van der Waals surface area contributed by atoms with E-state index >= 15 is 0 Å². The van der Waals surface area contributed by atoms with Crippen LogP contribution in [0.15, 0.2) is 36.7 Å². The summed E-state index contributed by atoms with van der Waals surface area (Å²) in [6, 6.07) is 7.38. The number of aryl methyl sites for hydroxylation is 1. The first-order chi connectivity index (χ1) is 11.6. The number of carbonyl (C=O) groups excluding carboxylic acids is 2. The summed E-state index contributed by atoms with van der Waals surface area (Å²) in [5.41, 5.74) is 0.747. The second-order valence-corrected chi connectivity index (χ2v) is 7.05. The fourth-order valence-corrected chi connectivity index (χ4v) is 3.49. The van der Waals surface area contributed by atoms with E-state index in [9.17, 15) is 9.59 Å². The van der Waals surface area contributed by atoms with E-state index in [4.69, 9.17) is 0 Å². The molecule has 0 aromatic carbocycles. The summed E-state index contributed by atoms with van der Waals surface area (Å²) in [5.74, 6) is 0.0452. The Morgan fingerprint density at radius 3 is 2.46 bits per heavy atom. The van der Waals surface area contributed by atoms with Crippen LogP contribution in [0.2, 0.25) is 0 Å².